The maximum atomic E-state index is 13.7. The Morgan fingerprint density at radius 1 is 1.12 bits per heavy atom. The van der Waals surface area contributed by atoms with Crippen molar-refractivity contribution >= 4 is 11.5 Å². The van der Waals surface area contributed by atoms with E-state index in [0.29, 0.717) is 24.2 Å². The van der Waals surface area contributed by atoms with Crippen molar-refractivity contribution in [3.05, 3.63) is 114 Å². The van der Waals surface area contributed by atoms with Gasteiger partial charge in [0.15, 0.2) is 0 Å². The predicted molar refractivity (Wildman–Crippen MR) is 133 cm³/mol. The maximum Gasteiger partial charge on any atom is 0.258 e. The number of hydrogen-bond acceptors (Lipinski definition) is 2. The number of hydrogen-bond donors (Lipinski definition) is 0. The van der Waals surface area contributed by atoms with Gasteiger partial charge in [-0.3, -0.25) is 4.79 Å². The van der Waals surface area contributed by atoms with E-state index in [9.17, 15) is 4.79 Å². The molecule has 0 aliphatic rings. The van der Waals surface area contributed by atoms with Gasteiger partial charge in [0.05, 0.1) is 16.9 Å². The minimum atomic E-state index is -0.0269. The Balaban J connectivity index is 2.09. The summed E-state index contributed by atoms with van der Waals surface area (Å²) in [6.45, 7) is 10.4. The van der Waals surface area contributed by atoms with Crippen molar-refractivity contribution in [2.24, 2.45) is 0 Å². The van der Waals surface area contributed by atoms with E-state index < -0.39 is 0 Å². The van der Waals surface area contributed by atoms with Gasteiger partial charge in [-0.2, -0.15) is 5.10 Å². The Morgan fingerprint density at radius 3 is 2.53 bits per heavy atom. The van der Waals surface area contributed by atoms with E-state index >= 15 is 0 Å². The smallest absolute Gasteiger partial charge is 0.258 e. The number of carbonyl (C=O) groups excluding carboxylic acids is 1. The van der Waals surface area contributed by atoms with Gasteiger partial charge in [0.1, 0.15) is 5.69 Å². The van der Waals surface area contributed by atoms with Crippen LogP contribution in [0.15, 0.2) is 85.5 Å². The number of para-hydroxylation sites is 1. The van der Waals surface area contributed by atoms with Gasteiger partial charge >= 0.3 is 0 Å². The topological polar surface area (TPSA) is 38.1 Å². The minimum Gasteiger partial charge on any atom is -0.337 e. The van der Waals surface area contributed by atoms with Gasteiger partial charge < -0.3 is 4.90 Å². The zero-order valence-electron chi connectivity index (χ0n) is 19.4. The molecule has 164 valence electrons. The van der Waals surface area contributed by atoms with Crippen LogP contribution in [0.2, 0.25) is 0 Å². The summed E-state index contributed by atoms with van der Waals surface area (Å²) < 4.78 is 1.90. The zero-order chi connectivity index (χ0) is 23.1. The normalized spacial score (nSPS) is 11.7. The minimum absolute atomic E-state index is 0.0269. The van der Waals surface area contributed by atoms with Crippen molar-refractivity contribution < 1.29 is 4.79 Å². The molecule has 1 amide bonds. The van der Waals surface area contributed by atoms with E-state index in [4.69, 9.17) is 5.10 Å². The molecule has 0 bridgehead atoms. The zero-order valence-corrected chi connectivity index (χ0v) is 19.4. The van der Waals surface area contributed by atoms with Crippen LogP contribution in [0, 0.1) is 6.92 Å². The van der Waals surface area contributed by atoms with Crippen LogP contribution >= 0.6 is 0 Å². The summed E-state index contributed by atoms with van der Waals surface area (Å²) in [7, 11) is 1.85. The van der Waals surface area contributed by atoms with E-state index in [1.54, 1.807) is 11.0 Å². The average molecular weight is 426 g/mol. The molecule has 3 aromatic rings. The number of aromatic nitrogens is 2. The highest BCUT2D eigenvalue weighted by molar-refractivity contribution is 5.99. The third-order valence-electron chi connectivity index (χ3n) is 5.35. The fraction of sp³-hybridized carbons (Fsp3) is 0.214. The highest BCUT2D eigenvalue weighted by Gasteiger charge is 2.26. The number of aryl methyl sites for hydroxylation is 1. The predicted octanol–water partition coefficient (Wildman–Crippen LogP) is 6.16. The fourth-order valence-electron chi connectivity index (χ4n) is 3.77. The standard InChI is InChI=1S/C28H31N3O/c1-6-8-10-15-22(4)27-26(25(7-2)31(29-27)24-17-11-9-12-18-24)28(32)30(5)20-23-16-13-14-21(3)19-23/h6,8-19H,1,7,20H2,2-5H3/b10-8-,22-15+. The molecule has 0 unspecified atom stereocenters. The molecule has 2 aromatic carbocycles. The van der Waals surface area contributed by atoms with Gasteiger partial charge in [0, 0.05) is 13.6 Å². The van der Waals surface area contributed by atoms with Gasteiger partial charge in [-0.25, -0.2) is 4.68 Å². The Morgan fingerprint density at radius 2 is 1.88 bits per heavy atom. The Kier molecular flexibility index (Phi) is 7.61. The third kappa shape index (κ3) is 5.14. The van der Waals surface area contributed by atoms with Crippen molar-refractivity contribution in [3.8, 4) is 5.69 Å². The maximum absolute atomic E-state index is 13.7. The lowest BCUT2D eigenvalue weighted by atomic mass is 10.0. The number of nitrogens with zero attached hydrogens (tertiary/aromatic N) is 3. The number of rotatable bonds is 8. The lowest BCUT2D eigenvalue weighted by Gasteiger charge is -2.19. The van der Waals surface area contributed by atoms with Crippen LogP contribution in [0.3, 0.4) is 0 Å². The van der Waals surface area contributed by atoms with Gasteiger partial charge in [-0.15, -0.1) is 0 Å². The van der Waals surface area contributed by atoms with Crippen LogP contribution in [0.4, 0.5) is 0 Å². The molecule has 32 heavy (non-hydrogen) atoms. The summed E-state index contributed by atoms with van der Waals surface area (Å²) >= 11 is 0. The number of allylic oxidation sites excluding steroid dienone is 5. The first-order valence-electron chi connectivity index (χ1n) is 10.9. The Labute approximate surface area is 191 Å². The molecule has 0 N–H and O–H groups in total. The van der Waals surface area contributed by atoms with E-state index in [0.717, 1.165) is 22.5 Å². The van der Waals surface area contributed by atoms with Gasteiger partial charge in [0.2, 0.25) is 0 Å². The fourth-order valence-corrected chi connectivity index (χ4v) is 3.77. The van der Waals surface area contributed by atoms with Crippen LogP contribution in [-0.2, 0) is 13.0 Å². The largest absolute Gasteiger partial charge is 0.337 e. The van der Waals surface area contributed by atoms with Crippen molar-refractivity contribution in [1.29, 1.82) is 0 Å². The molecule has 0 atom stereocenters. The summed E-state index contributed by atoms with van der Waals surface area (Å²) in [6.07, 6.45) is 8.17. The molecule has 4 heteroatoms. The summed E-state index contributed by atoms with van der Waals surface area (Å²) in [5.41, 5.74) is 6.45. The van der Waals surface area contributed by atoms with E-state index in [1.165, 1.54) is 5.56 Å². The SMILES string of the molecule is C=C/C=C\C=C(/C)c1nn(-c2ccccc2)c(CC)c1C(=O)N(C)Cc1cccc(C)c1. The summed E-state index contributed by atoms with van der Waals surface area (Å²) in [5.74, 6) is -0.0269. The molecule has 0 aliphatic heterocycles. The molecule has 4 nitrogen and oxygen atoms in total. The second-order valence-corrected chi connectivity index (χ2v) is 7.89. The average Bonchev–Trinajstić information content (AvgIpc) is 3.19. The van der Waals surface area contributed by atoms with Crippen molar-refractivity contribution in [1.82, 2.24) is 14.7 Å². The summed E-state index contributed by atoms with van der Waals surface area (Å²) in [6, 6.07) is 18.2. The monoisotopic (exact) mass is 425 g/mol. The number of benzene rings is 2. The molecule has 1 aromatic heterocycles. The van der Waals surface area contributed by atoms with Crippen LogP contribution in [0.25, 0.3) is 11.3 Å². The molecule has 0 spiro atoms. The van der Waals surface area contributed by atoms with Crippen LogP contribution in [-0.4, -0.2) is 27.6 Å². The third-order valence-corrected chi connectivity index (χ3v) is 5.35. The Bertz CT molecular complexity index is 1150. The van der Waals surface area contributed by atoms with Gasteiger partial charge in [-0.1, -0.05) is 85.8 Å². The van der Waals surface area contributed by atoms with E-state index in [-0.39, 0.29) is 5.91 Å². The molecule has 0 fully saturated rings. The van der Waals surface area contributed by atoms with Crippen LogP contribution < -0.4 is 0 Å². The van der Waals surface area contributed by atoms with Crippen molar-refractivity contribution in [2.45, 2.75) is 33.7 Å². The lowest BCUT2D eigenvalue weighted by Crippen LogP contribution is -2.27. The quantitative estimate of drug-likeness (QED) is 0.405. The second-order valence-electron chi connectivity index (χ2n) is 7.89. The molecule has 0 saturated carbocycles. The second kappa shape index (κ2) is 10.6. The molecule has 0 aliphatic carbocycles. The number of amides is 1. The van der Waals surface area contributed by atoms with Crippen LogP contribution in [0.1, 0.15) is 46.7 Å². The molecular formula is C28H31N3O. The molecule has 0 saturated heterocycles. The molecular weight excluding hydrogens is 394 g/mol. The first-order chi connectivity index (χ1) is 15.5. The summed E-state index contributed by atoms with van der Waals surface area (Å²) in [5, 5.41) is 4.90. The lowest BCUT2D eigenvalue weighted by molar-refractivity contribution is 0.0783. The highest BCUT2D eigenvalue weighted by Crippen LogP contribution is 2.27. The summed E-state index contributed by atoms with van der Waals surface area (Å²) in [4.78, 5) is 15.5. The van der Waals surface area contributed by atoms with Gasteiger partial charge in [-0.05, 0) is 43.5 Å². The van der Waals surface area contributed by atoms with Gasteiger partial charge in [0.25, 0.3) is 5.91 Å². The van der Waals surface area contributed by atoms with Crippen LogP contribution in [0.5, 0.6) is 0 Å². The first kappa shape index (κ1) is 23.0. The Hall–Kier alpha value is -3.66. The molecule has 3 rings (SSSR count). The molecule has 1 heterocycles. The highest BCUT2D eigenvalue weighted by atomic mass is 16.2. The molecule has 0 radical (unpaired) electrons. The van der Waals surface area contributed by atoms with E-state index in [1.807, 2.05) is 73.3 Å². The van der Waals surface area contributed by atoms with Crippen molar-refractivity contribution in [2.75, 3.05) is 7.05 Å². The first-order valence-corrected chi connectivity index (χ1v) is 10.9. The van der Waals surface area contributed by atoms with Crippen molar-refractivity contribution in [3.63, 3.8) is 0 Å². The van der Waals surface area contributed by atoms with E-state index in [2.05, 4.69) is 38.6 Å². The number of carbonyl (C=O) groups is 1.